The van der Waals surface area contributed by atoms with Gasteiger partial charge in [-0.1, -0.05) is 29.8 Å². The summed E-state index contributed by atoms with van der Waals surface area (Å²) in [6, 6.07) is 10.2. The maximum Gasteiger partial charge on any atom is 0.305 e. The normalized spacial score (nSPS) is 14.7. The highest BCUT2D eigenvalue weighted by Gasteiger charge is 2.25. The third-order valence-corrected chi connectivity index (χ3v) is 5.28. The molecular formula is C20H22ClN3O4. The molecule has 7 nitrogen and oxygen atoms in total. The van der Waals surface area contributed by atoms with Crippen LogP contribution in [0.3, 0.4) is 0 Å². The quantitative estimate of drug-likeness (QED) is 0.716. The van der Waals surface area contributed by atoms with E-state index in [4.69, 9.17) is 16.3 Å². The van der Waals surface area contributed by atoms with Crippen molar-refractivity contribution in [3.05, 3.63) is 51.8 Å². The van der Waals surface area contributed by atoms with Crippen molar-refractivity contribution in [2.24, 2.45) is 5.92 Å². The molecular weight excluding hydrogens is 382 g/mol. The third kappa shape index (κ3) is 4.78. The minimum absolute atomic E-state index is 0.126. The zero-order chi connectivity index (χ0) is 20.1. The van der Waals surface area contributed by atoms with Crippen LogP contribution in [-0.2, 0) is 20.9 Å². The molecule has 8 heteroatoms. The maximum absolute atomic E-state index is 12.6. The fourth-order valence-electron chi connectivity index (χ4n) is 3.31. The van der Waals surface area contributed by atoms with Crippen molar-refractivity contribution >= 4 is 23.5 Å². The molecule has 1 aromatic carbocycles. The van der Waals surface area contributed by atoms with E-state index in [1.54, 1.807) is 17.0 Å². The molecule has 1 aliphatic rings. The van der Waals surface area contributed by atoms with Crippen LogP contribution in [0.4, 0.5) is 0 Å². The van der Waals surface area contributed by atoms with E-state index in [0.717, 1.165) is 12.8 Å². The number of methoxy groups -OCH3 is 1. The van der Waals surface area contributed by atoms with Crippen LogP contribution in [0.2, 0.25) is 5.02 Å². The van der Waals surface area contributed by atoms with E-state index in [2.05, 4.69) is 5.10 Å². The second-order valence-corrected chi connectivity index (χ2v) is 7.21. The SMILES string of the molecule is COC(=O)CC1CCN(C(=O)Cn2nc(-c3ccccc3Cl)ccc2=O)CC1. The first-order chi connectivity index (χ1) is 13.5. The van der Waals surface area contributed by atoms with Crippen LogP contribution in [0.1, 0.15) is 19.3 Å². The molecule has 2 aromatic rings. The Kier molecular flexibility index (Phi) is 6.46. The van der Waals surface area contributed by atoms with Crippen molar-refractivity contribution in [1.29, 1.82) is 0 Å². The number of nitrogens with zero attached hydrogens (tertiary/aromatic N) is 3. The number of rotatable bonds is 5. The number of carbonyl (C=O) groups excluding carboxylic acids is 2. The molecule has 1 aliphatic heterocycles. The van der Waals surface area contributed by atoms with E-state index in [1.807, 2.05) is 18.2 Å². The molecule has 3 rings (SSSR count). The van der Waals surface area contributed by atoms with Gasteiger partial charge in [0.15, 0.2) is 0 Å². The molecule has 0 unspecified atom stereocenters. The number of aromatic nitrogens is 2. The summed E-state index contributed by atoms with van der Waals surface area (Å²) in [7, 11) is 1.38. The first kappa shape index (κ1) is 20.1. The molecule has 1 amide bonds. The Morgan fingerprint density at radius 3 is 2.57 bits per heavy atom. The van der Waals surface area contributed by atoms with E-state index in [-0.39, 0.29) is 29.9 Å². The zero-order valence-corrected chi connectivity index (χ0v) is 16.4. The molecule has 28 heavy (non-hydrogen) atoms. The van der Waals surface area contributed by atoms with Crippen molar-refractivity contribution in [3.8, 4) is 11.3 Å². The fraction of sp³-hybridized carbons (Fsp3) is 0.400. The zero-order valence-electron chi connectivity index (χ0n) is 15.6. The Hall–Kier alpha value is -2.67. The summed E-state index contributed by atoms with van der Waals surface area (Å²) in [5, 5.41) is 4.84. The number of halogens is 1. The lowest BCUT2D eigenvalue weighted by atomic mass is 9.93. The summed E-state index contributed by atoms with van der Waals surface area (Å²) in [5.74, 6) is -0.166. The summed E-state index contributed by atoms with van der Waals surface area (Å²) >= 11 is 6.20. The lowest BCUT2D eigenvalue weighted by Gasteiger charge is -2.31. The van der Waals surface area contributed by atoms with Gasteiger partial charge in [0.25, 0.3) is 5.56 Å². The monoisotopic (exact) mass is 403 g/mol. The number of amides is 1. The predicted molar refractivity (Wildman–Crippen MR) is 105 cm³/mol. The van der Waals surface area contributed by atoms with E-state index in [1.165, 1.54) is 17.9 Å². The first-order valence-corrected chi connectivity index (χ1v) is 9.53. The number of carbonyl (C=O) groups is 2. The Balaban J connectivity index is 1.66. The van der Waals surface area contributed by atoms with Gasteiger partial charge in [-0.05, 0) is 30.9 Å². The van der Waals surface area contributed by atoms with Crippen molar-refractivity contribution in [1.82, 2.24) is 14.7 Å². The van der Waals surface area contributed by atoms with Gasteiger partial charge in [0.05, 0.1) is 17.8 Å². The number of ether oxygens (including phenoxy) is 1. The van der Waals surface area contributed by atoms with Gasteiger partial charge < -0.3 is 9.64 Å². The minimum Gasteiger partial charge on any atom is -0.469 e. The molecule has 0 atom stereocenters. The van der Waals surface area contributed by atoms with Crippen LogP contribution in [0, 0.1) is 5.92 Å². The Morgan fingerprint density at radius 1 is 1.18 bits per heavy atom. The minimum atomic E-state index is -0.343. The third-order valence-electron chi connectivity index (χ3n) is 4.95. The standard InChI is InChI=1S/C20H22ClN3O4/c1-28-20(27)12-14-8-10-23(11-9-14)19(26)13-24-18(25)7-6-17(22-24)15-4-2-3-5-16(15)21/h2-7,14H,8-13H2,1H3. The Labute approximate surface area is 167 Å². The molecule has 1 aromatic heterocycles. The molecule has 148 valence electrons. The number of hydrogen-bond donors (Lipinski definition) is 0. The van der Waals surface area contributed by atoms with Crippen LogP contribution in [0.25, 0.3) is 11.3 Å². The topological polar surface area (TPSA) is 81.5 Å². The lowest BCUT2D eigenvalue weighted by molar-refractivity contribution is -0.142. The smallest absolute Gasteiger partial charge is 0.305 e. The second kappa shape index (κ2) is 9.01. The van der Waals surface area contributed by atoms with Gasteiger partial charge in [0.1, 0.15) is 6.54 Å². The summed E-state index contributed by atoms with van der Waals surface area (Å²) in [4.78, 5) is 37.9. The highest BCUT2D eigenvalue weighted by atomic mass is 35.5. The predicted octanol–water partition coefficient (Wildman–Crippen LogP) is 2.37. The van der Waals surface area contributed by atoms with Gasteiger partial charge in [-0.2, -0.15) is 5.10 Å². The van der Waals surface area contributed by atoms with Crippen LogP contribution in [0.5, 0.6) is 0 Å². The second-order valence-electron chi connectivity index (χ2n) is 6.80. The summed E-state index contributed by atoms with van der Waals surface area (Å²) in [6.07, 6.45) is 1.85. The van der Waals surface area contributed by atoms with Crippen molar-refractivity contribution < 1.29 is 14.3 Å². The van der Waals surface area contributed by atoms with Gasteiger partial charge >= 0.3 is 5.97 Å². The van der Waals surface area contributed by atoms with Crippen LogP contribution >= 0.6 is 11.6 Å². The van der Waals surface area contributed by atoms with E-state index in [9.17, 15) is 14.4 Å². The average molecular weight is 404 g/mol. The summed E-state index contributed by atoms with van der Waals surface area (Å²) in [6.45, 7) is 0.984. The molecule has 0 spiro atoms. The number of piperidine rings is 1. The van der Waals surface area contributed by atoms with Crippen LogP contribution in [-0.4, -0.2) is 46.8 Å². The van der Waals surface area contributed by atoms with E-state index in [0.29, 0.717) is 35.8 Å². The highest BCUT2D eigenvalue weighted by molar-refractivity contribution is 6.33. The van der Waals surface area contributed by atoms with Crippen LogP contribution in [0.15, 0.2) is 41.2 Å². The lowest BCUT2D eigenvalue weighted by Crippen LogP contribution is -2.42. The van der Waals surface area contributed by atoms with E-state index >= 15 is 0 Å². The van der Waals surface area contributed by atoms with Gasteiger partial charge in [-0.25, -0.2) is 4.68 Å². The fourth-order valence-corrected chi connectivity index (χ4v) is 3.54. The van der Waals surface area contributed by atoms with Gasteiger partial charge in [-0.15, -0.1) is 0 Å². The number of likely N-dealkylation sites (tertiary alicyclic amines) is 1. The largest absolute Gasteiger partial charge is 0.469 e. The van der Waals surface area contributed by atoms with Crippen molar-refractivity contribution in [2.75, 3.05) is 20.2 Å². The first-order valence-electron chi connectivity index (χ1n) is 9.15. The van der Waals surface area contributed by atoms with Crippen LogP contribution < -0.4 is 5.56 Å². The number of esters is 1. The summed E-state index contributed by atoms with van der Waals surface area (Å²) in [5.41, 5.74) is 0.897. The summed E-state index contributed by atoms with van der Waals surface area (Å²) < 4.78 is 5.87. The molecule has 0 saturated carbocycles. The van der Waals surface area contributed by atoms with Gasteiger partial charge in [-0.3, -0.25) is 14.4 Å². The van der Waals surface area contributed by atoms with Gasteiger partial charge in [0, 0.05) is 31.1 Å². The number of hydrogen-bond acceptors (Lipinski definition) is 5. The molecule has 2 heterocycles. The molecule has 0 radical (unpaired) electrons. The van der Waals surface area contributed by atoms with Crippen molar-refractivity contribution in [3.63, 3.8) is 0 Å². The van der Waals surface area contributed by atoms with Gasteiger partial charge in [0.2, 0.25) is 5.91 Å². The van der Waals surface area contributed by atoms with Crippen molar-refractivity contribution in [2.45, 2.75) is 25.8 Å². The molecule has 1 saturated heterocycles. The molecule has 0 aliphatic carbocycles. The van der Waals surface area contributed by atoms with E-state index < -0.39 is 0 Å². The number of benzene rings is 1. The Bertz CT molecular complexity index is 920. The highest BCUT2D eigenvalue weighted by Crippen LogP contribution is 2.25. The maximum atomic E-state index is 12.6. The molecule has 0 N–H and O–H groups in total. The molecule has 0 bridgehead atoms. The molecule has 1 fully saturated rings. The Morgan fingerprint density at radius 2 is 1.89 bits per heavy atom. The average Bonchev–Trinajstić information content (AvgIpc) is 2.70.